The first-order chi connectivity index (χ1) is 8.16. The van der Waals surface area contributed by atoms with E-state index in [1.807, 2.05) is 36.4 Å². The quantitative estimate of drug-likeness (QED) is 0.873. The van der Waals surface area contributed by atoms with Crippen LogP contribution in [-0.2, 0) is 4.79 Å². The number of Topliss-reactive ketones (excluding diaryl/α,β-unsaturated/α-hetero) is 1. The Labute approximate surface area is 99.4 Å². The summed E-state index contributed by atoms with van der Waals surface area (Å²) in [5.41, 5.74) is 0.574. The molecular formula is C14H13NO2. The normalized spacial score (nSPS) is 10.2. The Hall–Kier alpha value is -2.16. The second-order valence-corrected chi connectivity index (χ2v) is 3.95. The number of amides is 1. The summed E-state index contributed by atoms with van der Waals surface area (Å²) in [5.74, 6) is -0.273. The van der Waals surface area contributed by atoms with Crippen LogP contribution in [0.3, 0.4) is 0 Å². The van der Waals surface area contributed by atoms with Crippen molar-refractivity contribution in [1.29, 1.82) is 0 Å². The van der Waals surface area contributed by atoms with Crippen molar-refractivity contribution in [3.63, 3.8) is 0 Å². The lowest BCUT2D eigenvalue weighted by atomic mass is 10.1. The number of carbonyl (C=O) groups is 2. The Morgan fingerprint density at radius 3 is 2.47 bits per heavy atom. The average Bonchev–Trinajstić information content (AvgIpc) is 2.35. The topological polar surface area (TPSA) is 46.2 Å². The minimum Gasteiger partial charge on any atom is -0.345 e. The van der Waals surface area contributed by atoms with Crippen molar-refractivity contribution >= 4 is 22.5 Å². The third-order valence-corrected chi connectivity index (χ3v) is 2.51. The van der Waals surface area contributed by atoms with Gasteiger partial charge in [-0.1, -0.05) is 30.3 Å². The lowest BCUT2D eigenvalue weighted by Crippen LogP contribution is -2.28. The maximum atomic E-state index is 11.7. The molecule has 3 nitrogen and oxygen atoms in total. The molecule has 2 aromatic carbocycles. The monoisotopic (exact) mass is 227 g/mol. The van der Waals surface area contributed by atoms with Crippen LogP contribution in [-0.4, -0.2) is 18.2 Å². The maximum Gasteiger partial charge on any atom is 0.251 e. The number of carbonyl (C=O) groups excluding carboxylic acids is 2. The number of benzene rings is 2. The molecule has 0 saturated carbocycles. The number of hydrogen-bond donors (Lipinski definition) is 1. The van der Waals surface area contributed by atoms with Crippen LogP contribution in [0.15, 0.2) is 42.5 Å². The van der Waals surface area contributed by atoms with Gasteiger partial charge in [0.05, 0.1) is 6.54 Å². The van der Waals surface area contributed by atoms with Crippen LogP contribution >= 0.6 is 0 Å². The smallest absolute Gasteiger partial charge is 0.251 e. The minimum absolute atomic E-state index is 0.0564. The van der Waals surface area contributed by atoms with Crippen molar-refractivity contribution in [1.82, 2.24) is 5.32 Å². The Kier molecular flexibility index (Phi) is 3.19. The van der Waals surface area contributed by atoms with Crippen LogP contribution in [0.1, 0.15) is 17.3 Å². The zero-order chi connectivity index (χ0) is 12.3. The van der Waals surface area contributed by atoms with Gasteiger partial charge in [-0.2, -0.15) is 0 Å². The maximum absolute atomic E-state index is 11.7. The number of rotatable bonds is 3. The number of ketones is 1. The van der Waals surface area contributed by atoms with E-state index < -0.39 is 0 Å². The largest absolute Gasteiger partial charge is 0.345 e. The fourth-order valence-electron chi connectivity index (χ4n) is 1.64. The van der Waals surface area contributed by atoms with Gasteiger partial charge in [0.2, 0.25) is 0 Å². The van der Waals surface area contributed by atoms with E-state index in [4.69, 9.17) is 0 Å². The molecule has 2 aromatic rings. The predicted octanol–water partition coefficient (Wildman–Crippen LogP) is 2.16. The molecule has 3 heteroatoms. The molecule has 17 heavy (non-hydrogen) atoms. The average molecular weight is 227 g/mol. The molecular weight excluding hydrogens is 214 g/mol. The predicted molar refractivity (Wildman–Crippen MR) is 67.0 cm³/mol. The second-order valence-electron chi connectivity index (χ2n) is 3.95. The van der Waals surface area contributed by atoms with E-state index in [0.29, 0.717) is 5.56 Å². The fraction of sp³-hybridized carbons (Fsp3) is 0.143. The van der Waals surface area contributed by atoms with Crippen LogP contribution in [0.5, 0.6) is 0 Å². The molecule has 0 atom stereocenters. The summed E-state index contributed by atoms with van der Waals surface area (Å²) >= 11 is 0. The number of hydrogen-bond acceptors (Lipinski definition) is 2. The zero-order valence-electron chi connectivity index (χ0n) is 9.57. The van der Waals surface area contributed by atoms with Gasteiger partial charge in [0.1, 0.15) is 5.78 Å². The van der Waals surface area contributed by atoms with Crippen LogP contribution < -0.4 is 5.32 Å². The summed E-state index contributed by atoms with van der Waals surface area (Å²) in [6.45, 7) is 1.52. The molecule has 0 saturated heterocycles. The van der Waals surface area contributed by atoms with Gasteiger partial charge in [-0.05, 0) is 29.8 Å². The second kappa shape index (κ2) is 4.78. The molecule has 0 fully saturated rings. The summed E-state index contributed by atoms with van der Waals surface area (Å²) in [4.78, 5) is 22.5. The third kappa shape index (κ3) is 2.69. The molecule has 0 spiro atoms. The summed E-state index contributed by atoms with van der Waals surface area (Å²) in [5, 5.41) is 4.68. The lowest BCUT2D eigenvalue weighted by molar-refractivity contribution is -0.116. The molecule has 0 aliphatic heterocycles. The van der Waals surface area contributed by atoms with E-state index in [1.165, 1.54) is 6.92 Å². The third-order valence-electron chi connectivity index (χ3n) is 2.51. The highest BCUT2D eigenvalue weighted by Crippen LogP contribution is 2.15. The number of fused-ring (bicyclic) bond motifs is 1. The molecule has 0 unspecified atom stereocenters. The molecule has 86 valence electrons. The van der Waals surface area contributed by atoms with Gasteiger partial charge in [0.25, 0.3) is 5.91 Å². The highest BCUT2D eigenvalue weighted by molar-refractivity contribution is 5.99. The highest BCUT2D eigenvalue weighted by atomic mass is 16.2. The van der Waals surface area contributed by atoms with Gasteiger partial charge in [-0.3, -0.25) is 9.59 Å². The van der Waals surface area contributed by atoms with Crippen molar-refractivity contribution in [2.75, 3.05) is 6.54 Å². The molecule has 0 radical (unpaired) electrons. The highest BCUT2D eigenvalue weighted by Gasteiger charge is 2.06. The van der Waals surface area contributed by atoms with Gasteiger partial charge in [-0.25, -0.2) is 0 Å². The standard InChI is InChI=1S/C14H13NO2/c1-10(16)9-15-14(17)13-7-6-11-4-2-3-5-12(11)8-13/h2-8H,9H2,1H3,(H,15,17). The Balaban J connectivity index is 2.24. The van der Waals surface area contributed by atoms with Crippen molar-refractivity contribution in [2.45, 2.75) is 6.92 Å². The van der Waals surface area contributed by atoms with Crippen molar-refractivity contribution in [3.8, 4) is 0 Å². The molecule has 0 heterocycles. The first-order valence-electron chi connectivity index (χ1n) is 5.43. The van der Waals surface area contributed by atoms with Gasteiger partial charge >= 0.3 is 0 Å². The molecule has 1 amide bonds. The Bertz CT molecular complexity index is 575. The van der Waals surface area contributed by atoms with E-state index in [0.717, 1.165) is 10.8 Å². The van der Waals surface area contributed by atoms with E-state index in [1.54, 1.807) is 6.07 Å². The fourth-order valence-corrected chi connectivity index (χ4v) is 1.64. The van der Waals surface area contributed by atoms with Crippen LogP contribution in [0.2, 0.25) is 0 Å². The summed E-state index contributed by atoms with van der Waals surface area (Å²) in [6.07, 6.45) is 0. The lowest BCUT2D eigenvalue weighted by Gasteiger charge is -2.04. The Morgan fingerprint density at radius 2 is 1.76 bits per heavy atom. The Morgan fingerprint density at radius 1 is 1.06 bits per heavy atom. The van der Waals surface area contributed by atoms with Crippen molar-refractivity contribution < 1.29 is 9.59 Å². The van der Waals surface area contributed by atoms with Crippen LogP contribution in [0, 0.1) is 0 Å². The molecule has 0 aromatic heterocycles. The minimum atomic E-state index is -0.217. The first-order valence-corrected chi connectivity index (χ1v) is 5.43. The molecule has 0 bridgehead atoms. The van der Waals surface area contributed by atoms with E-state index >= 15 is 0 Å². The van der Waals surface area contributed by atoms with Crippen LogP contribution in [0.4, 0.5) is 0 Å². The summed E-state index contributed by atoms with van der Waals surface area (Å²) in [6, 6.07) is 13.3. The number of nitrogens with one attached hydrogen (secondary N) is 1. The molecule has 2 rings (SSSR count). The summed E-state index contributed by atoms with van der Waals surface area (Å²) in [7, 11) is 0. The summed E-state index contributed by atoms with van der Waals surface area (Å²) < 4.78 is 0. The van der Waals surface area contributed by atoms with E-state index in [-0.39, 0.29) is 18.2 Å². The van der Waals surface area contributed by atoms with E-state index in [9.17, 15) is 9.59 Å². The molecule has 0 aliphatic carbocycles. The van der Waals surface area contributed by atoms with Crippen LogP contribution in [0.25, 0.3) is 10.8 Å². The van der Waals surface area contributed by atoms with Gasteiger partial charge in [0.15, 0.2) is 0 Å². The molecule has 0 aliphatic rings. The van der Waals surface area contributed by atoms with E-state index in [2.05, 4.69) is 5.32 Å². The SMILES string of the molecule is CC(=O)CNC(=O)c1ccc2ccccc2c1. The van der Waals surface area contributed by atoms with Crippen molar-refractivity contribution in [2.24, 2.45) is 0 Å². The first kappa shape index (κ1) is 11.3. The molecule has 1 N–H and O–H groups in total. The van der Waals surface area contributed by atoms with Crippen molar-refractivity contribution in [3.05, 3.63) is 48.0 Å². The van der Waals surface area contributed by atoms with Gasteiger partial charge in [0, 0.05) is 5.56 Å². The zero-order valence-corrected chi connectivity index (χ0v) is 9.57. The van der Waals surface area contributed by atoms with Gasteiger partial charge < -0.3 is 5.32 Å². The van der Waals surface area contributed by atoms with Gasteiger partial charge in [-0.15, -0.1) is 0 Å².